The van der Waals surface area contributed by atoms with Gasteiger partial charge in [-0.15, -0.1) is 11.6 Å². The van der Waals surface area contributed by atoms with Crippen molar-refractivity contribution in [2.75, 3.05) is 0 Å². The lowest BCUT2D eigenvalue weighted by molar-refractivity contribution is 0.156. The van der Waals surface area contributed by atoms with Crippen molar-refractivity contribution in [2.45, 2.75) is 82.9 Å². The van der Waals surface area contributed by atoms with Gasteiger partial charge in [-0.2, -0.15) is 0 Å². The monoisotopic (exact) mass is 332 g/mol. The molecule has 3 rings (SSSR count). The summed E-state index contributed by atoms with van der Waals surface area (Å²) in [6.07, 6.45) is 14.6. The van der Waals surface area contributed by atoms with Gasteiger partial charge in [-0.1, -0.05) is 56.9 Å². The van der Waals surface area contributed by atoms with Crippen molar-refractivity contribution in [1.29, 1.82) is 0 Å². The van der Waals surface area contributed by atoms with Gasteiger partial charge in [-0.05, 0) is 73.3 Å². The minimum absolute atomic E-state index is 0.633. The van der Waals surface area contributed by atoms with Crippen LogP contribution in [0.25, 0.3) is 0 Å². The van der Waals surface area contributed by atoms with E-state index in [4.69, 9.17) is 11.6 Å². The van der Waals surface area contributed by atoms with Crippen molar-refractivity contribution in [2.24, 2.45) is 17.8 Å². The Hall–Kier alpha value is -0.490. The molecule has 2 aliphatic rings. The molecule has 0 radical (unpaired) electrons. The van der Waals surface area contributed by atoms with Crippen LogP contribution < -0.4 is 0 Å². The first-order valence-corrected chi connectivity index (χ1v) is 10.5. The third kappa shape index (κ3) is 4.53. The number of halogens is 1. The van der Waals surface area contributed by atoms with Gasteiger partial charge in [0.2, 0.25) is 0 Å². The van der Waals surface area contributed by atoms with Crippen molar-refractivity contribution in [3.8, 4) is 0 Å². The molecule has 0 bridgehead atoms. The van der Waals surface area contributed by atoms with Crippen molar-refractivity contribution >= 4 is 11.6 Å². The van der Waals surface area contributed by atoms with E-state index in [1.807, 2.05) is 0 Å². The highest BCUT2D eigenvalue weighted by Crippen LogP contribution is 2.44. The van der Waals surface area contributed by atoms with Crippen LogP contribution in [-0.2, 0) is 5.88 Å². The van der Waals surface area contributed by atoms with E-state index in [2.05, 4.69) is 31.2 Å². The molecule has 1 heteroatoms. The SMILES string of the molecule is CCCC1CCC(C2CCC(c3ccc(CCl)cc3)CC2)CC1. The van der Waals surface area contributed by atoms with Gasteiger partial charge in [-0.3, -0.25) is 0 Å². The van der Waals surface area contributed by atoms with E-state index >= 15 is 0 Å². The lowest BCUT2D eigenvalue weighted by Gasteiger charge is -2.38. The number of hydrogen-bond donors (Lipinski definition) is 0. The molecule has 0 atom stereocenters. The summed E-state index contributed by atoms with van der Waals surface area (Å²) in [6.45, 7) is 2.34. The summed E-state index contributed by atoms with van der Waals surface area (Å²) in [5.74, 6) is 4.55. The van der Waals surface area contributed by atoms with Crippen LogP contribution in [0.5, 0.6) is 0 Å². The second-order valence-corrected chi connectivity index (χ2v) is 8.32. The molecule has 0 aliphatic heterocycles. The van der Waals surface area contributed by atoms with Crippen LogP contribution in [-0.4, -0.2) is 0 Å². The summed E-state index contributed by atoms with van der Waals surface area (Å²) >= 11 is 5.90. The quantitative estimate of drug-likeness (QED) is 0.496. The predicted octanol–water partition coefficient (Wildman–Crippen LogP) is 7.31. The lowest BCUT2D eigenvalue weighted by atomic mass is 9.68. The summed E-state index contributed by atoms with van der Waals surface area (Å²) in [5.41, 5.74) is 2.79. The number of benzene rings is 1. The Morgan fingerprint density at radius 2 is 1.39 bits per heavy atom. The molecule has 1 aromatic carbocycles. The lowest BCUT2D eigenvalue weighted by Crippen LogP contribution is -2.25. The Bertz CT molecular complexity index is 447. The summed E-state index contributed by atoms with van der Waals surface area (Å²) < 4.78 is 0. The van der Waals surface area contributed by atoms with Gasteiger partial charge in [-0.25, -0.2) is 0 Å². The number of rotatable bonds is 5. The van der Waals surface area contributed by atoms with Crippen molar-refractivity contribution in [1.82, 2.24) is 0 Å². The van der Waals surface area contributed by atoms with Crippen LogP contribution in [0, 0.1) is 17.8 Å². The highest BCUT2D eigenvalue weighted by atomic mass is 35.5. The Balaban J connectivity index is 1.46. The van der Waals surface area contributed by atoms with E-state index in [1.54, 1.807) is 5.56 Å². The molecule has 128 valence electrons. The molecule has 0 spiro atoms. The second-order valence-electron chi connectivity index (χ2n) is 8.06. The largest absolute Gasteiger partial charge is 0.122 e. The van der Waals surface area contributed by atoms with Gasteiger partial charge in [0.15, 0.2) is 0 Å². The average molecular weight is 333 g/mol. The summed E-state index contributed by atoms with van der Waals surface area (Å²) in [7, 11) is 0. The molecular weight excluding hydrogens is 300 g/mol. The highest BCUT2D eigenvalue weighted by molar-refractivity contribution is 6.17. The summed E-state index contributed by atoms with van der Waals surface area (Å²) in [4.78, 5) is 0. The third-order valence-electron chi connectivity index (χ3n) is 6.63. The molecule has 2 aliphatic carbocycles. The Morgan fingerprint density at radius 1 is 0.826 bits per heavy atom. The van der Waals surface area contributed by atoms with Gasteiger partial charge < -0.3 is 0 Å². The van der Waals surface area contributed by atoms with Crippen LogP contribution in [0.15, 0.2) is 24.3 Å². The average Bonchev–Trinajstić information content (AvgIpc) is 2.63. The zero-order chi connectivity index (χ0) is 16.1. The van der Waals surface area contributed by atoms with Crippen molar-refractivity contribution in [3.63, 3.8) is 0 Å². The van der Waals surface area contributed by atoms with E-state index in [9.17, 15) is 0 Å². The molecule has 1 aromatic rings. The van der Waals surface area contributed by atoms with E-state index < -0.39 is 0 Å². The fraction of sp³-hybridized carbons (Fsp3) is 0.727. The molecule has 0 unspecified atom stereocenters. The first-order chi connectivity index (χ1) is 11.3. The Labute approximate surface area is 148 Å². The maximum absolute atomic E-state index is 5.90. The van der Waals surface area contributed by atoms with Crippen LogP contribution in [0.4, 0.5) is 0 Å². The van der Waals surface area contributed by atoms with Crippen LogP contribution in [0.1, 0.15) is 88.2 Å². The molecule has 0 saturated heterocycles. The molecule has 2 fully saturated rings. The summed E-state index contributed by atoms with van der Waals surface area (Å²) in [5, 5.41) is 0. The van der Waals surface area contributed by atoms with Gasteiger partial charge in [0.1, 0.15) is 0 Å². The van der Waals surface area contributed by atoms with Gasteiger partial charge >= 0.3 is 0 Å². The van der Waals surface area contributed by atoms with Crippen LogP contribution in [0.3, 0.4) is 0 Å². The molecular formula is C22H33Cl. The van der Waals surface area contributed by atoms with Crippen molar-refractivity contribution in [3.05, 3.63) is 35.4 Å². The maximum Gasteiger partial charge on any atom is 0.0474 e. The highest BCUT2D eigenvalue weighted by Gasteiger charge is 2.30. The van der Waals surface area contributed by atoms with E-state index in [0.29, 0.717) is 5.88 Å². The molecule has 23 heavy (non-hydrogen) atoms. The standard InChI is InChI=1S/C22H33Cl/c1-2-3-17-4-8-19(9-5-17)21-12-14-22(15-13-21)20-10-6-18(16-23)7-11-20/h6-7,10-11,17,19,21-22H,2-5,8-9,12-16H2,1H3. The maximum atomic E-state index is 5.90. The molecule has 0 heterocycles. The number of hydrogen-bond acceptors (Lipinski definition) is 0. The minimum Gasteiger partial charge on any atom is -0.122 e. The zero-order valence-electron chi connectivity index (χ0n) is 14.8. The van der Waals surface area contributed by atoms with Crippen molar-refractivity contribution < 1.29 is 0 Å². The molecule has 2 saturated carbocycles. The van der Waals surface area contributed by atoms with Crippen LogP contribution in [0.2, 0.25) is 0 Å². The normalized spacial score (nSPS) is 31.9. The molecule has 0 N–H and O–H groups in total. The molecule has 0 nitrogen and oxygen atoms in total. The topological polar surface area (TPSA) is 0 Å². The smallest absolute Gasteiger partial charge is 0.0474 e. The first-order valence-electron chi connectivity index (χ1n) is 9.95. The third-order valence-corrected chi connectivity index (χ3v) is 6.94. The van der Waals surface area contributed by atoms with E-state index in [0.717, 1.165) is 23.7 Å². The first kappa shape index (κ1) is 17.3. The Kier molecular flexibility index (Phi) is 6.45. The molecule has 0 amide bonds. The van der Waals surface area contributed by atoms with Gasteiger partial charge in [0.25, 0.3) is 0 Å². The number of alkyl halides is 1. The zero-order valence-corrected chi connectivity index (χ0v) is 15.5. The predicted molar refractivity (Wildman–Crippen MR) is 101 cm³/mol. The van der Waals surface area contributed by atoms with Gasteiger partial charge in [0.05, 0.1) is 0 Å². The Morgan fingerprint density at radius 3 is 1.91 bits per heavy atom. The van der Waals surface area contributed by atoms with Crippen LogP contribution >= 0.6 is 11.6 Å². The fourth-order valence-electron chi connectivity index (χ4n) is 5.16. The van der Waals surface area contributed by atoms with E-state index in [1.165, 1.54) is 69.8 Å². The second kappa shape index (κ2) is 8.56. The molecule has 0 aromatic heterocycles. The summed E-state index contributed by atoms with van der Waals surface area (Å²) in [6, 6.07) is 9.06. The fourth-order valence-corrected chi connectivity index (χ4v) is 5.34. The minimum atomic E-state index is 0.633. The van der Waals surface area contributed by atoms with Gasteiger partial charge in [0, 0.05) is 5.88 Å². The van der Waals surface area contributed by atoms with E-state index in [-0.39, 0.29) is 0 Å².